The Morgan fingerprint density at radius 1 is 1.25 bits per heavy atom. The smallest absolute Gasteiger partial charge is 0.312 e. The quantitative estimate of drug-likeness (QED) is 0.117. The molecule has 3 aliphatic rings. The van der Waals surface area contributed by atoms with Crippen molar-refractivity contribution >= 4 is 39.6 Å². The van der Waals surface area contributed by atoms with Crippen LogP contribution in [-0.4, -0.2) is 99.6 Å². The Morgan fingerprint density at radius 3 is 2.60 bits per heavy atom. The van der Waals surface area contributed by atoms with Gasteiger partial charge in [-0.15, -0.1) is 13.2 Å². The predicted molar refractivity (Wildman–Crippen MR) is 153 cm³/mol. The van der Waals surface area contributed by atoms with Crippen LogP contribution in [0.5, 0.6) is 0 Å². The van der Waals surface area contributed by atoms with Crippen LogP contribution in [0.1, 0.15) is 59.3 Å². The Balaban J connectivity index is 1.86. The topological polar surface area (TPSA) is 125 Å². The summed E-state index contributed by atoms with van der Waals surface area (Å²) in [5.41, 5.74) is -1.16. The number of halogens is 1. The highest BCUT2D eigenvalue weighted by Gasteiger charge is 2.77. The first-order chi connectivity index (χ1) is 19.0. The molecule has 3 aliphatic heterocycles. The second-order valence-corrected chi connectivity index (χ2v) is 12.4. The minimum atomic E-state index is -1.16. The lowest BCUT2D eigenvalue weighted by atomic mass is 9.70. The Kier molecular flexibility index (Phi) is 11.4. The molecule has 0 aromatic heterocycles. The monoisotopic (exact) mass is 625 g/mol. The van der Waals surface area contributed by atoms with Crippen molar-refractivity contribution in [3.8, 4) is 0 Å². The number of allylic oxidation sites excluding steroid dienone is 1. The lowest BCUT2D eigenvalue weighted by molar-refractivity contribution is -0.159. The lowest BCUT2D eigenvalue weighted by Crippen LogP contribution is -2.58. The van der Waals surface area contributed by atoms with Crippen LogP contribution in [0.4, 0.5) is 0 Å². The lowest BCUT2D eigenvalue weighted by Gasteiger charge is -2.38. The van der Waals surface area contributed by atoms with Crippen molar-refractivity contribution in [1.82, 2.24) is 15.1 Å². The number of fused-ring (bicyclic) bond motifs is 1. The van der Waals surface area contributed by atoms with Gasteiger partial charge in [-0.05, 0) is 52.9 Å². The van der Waals surface area contributed by atoms with Gasteiger partial charge >= 0.3 is 5.97 Å². The first kappa shape index (κ1) is 32.3. The third-order valence-corrected chi connectivity index (χ3v) is 8.91. The third-order valence-electron chi connectivity index (χ3n) is 8.06. The average molecular weight is 627 g/mol. The third kappa shape index (κ3) is 6.46. The summed E-state index contributed by atoms with van der Waals surface area (Å²) in [7, 11) is 0. The SMILES string of the molecule is C=CCCC(=O)NC[C@H](C)OC(=O)[C@@H]1[C@H]2O[C@@]3(CC2Br)[C@H](C(=O)N(CC=C)C(C)C)N(CCCCCO)C(=O)[C@@H]13. The fourth-order valence-electron chi connectivity index (χ4n) is 6.24. The highest BCUT2D eigenvalue weighted by molar-refractivity contribution is 9.09. The van der Waals surface area contributed by atoms with E-state index in [1.54, 1.807) is 28.9 Å². The molecule has 224 valence electrons. The van der Waals surface area contributed by atoms with Crippen molar-refractivity contribution in [2.24, 2.45) is 11.8 Å². The minimum Gasteiger partial charge on any atom is -0.460 e. The van der Waals surface area contributed by atoms with Crippen LogP contribution in [0.25, 0.3) is 0 Å². The van der Waals surface area contributed by atoms with Gasteiger partial charge in [0.15, 0.2) is 0 Å². The molecule has 2 N–H and O–H groups in total. The van der Waals surface area contributed by atoms with Crippen LogP contribution in [0.2, 0.25) is 0 Å². The summed E-state index contributed by atoms with van der Waals surface area (Å²) >= 11 is 3.67. The van der Waals surface area contributed by atoms with Crippen LogP contribution in [0.3, 0.4) is 0 Å². The molecule has 0 aromatic rings. The van der Waals surface area contributed by atoms with E-state index in [1.807, 2.05) is 13.8 Å². The zero-order valence-electron chi connectivity index (χ0n) is 23.9. The number of hydrogen-bond donors (Lipinski definition) is 2. The van der Waals surface area contributed by atoms with E-state index >= 15 is 0 Å². The number of likely N-dealkylation sites (tertiary alicyclic amines) is 1. The molecule has 3 amide bonds. The fourth-order valence-corrected chi connectivity index (χ4v) is 7.18. The maximum atomic E-state index is 14.1. The maximum Gasteiger partial charge on any atom is 0.312 e. The highest BCUT2D eigenvalue weighted by atomic mass is 79.9. The Hall–Kier alpha value is -2.24. The molecule has 7 atom stereocenters. The Bertz CT molecular complexity index is 975. The van der Waals surface area contributed by atoms with Crippen LogP contribution >= 0.6 is 15.9 Å². The average Bonchev–Trinajstić information content (AvgIpc) is 3.50. The Labute approximate surface area is 245 Å². The van der Waals surface area contributed by atoms with Crippen LogP contribution in [0.15, 0.2) is 25.3 Å². The second kappa shape index (κ2) is 14.1. The molecule has 3 saturated heterocycles. The van der Waals surface area contributed by atoms with Gasteiger partial charge in [-0.3, -0.25) is 19.2 Å². The summed E-state index contributed by atoms with van der Waals surface area (Å²) in [5.74, 6) is -2.96. The first-order valence-corrected chi connectivity index (χ1v) is 15.2. The van der Waals surface area contributed by atoms with Gasteiger partial charge in [0.05, 0.1) is 24.5 Å². The van der Waals surface area contributed by atoms with E-state index in [2.05, 4.69) is 34.4 Å². The van der Waals surface area contributed by atoms with E-state index in [4.69, 9.17) is 9.47 Å². The standard InChI is InChI=1S/C29H44BrN3O7/c1-6-8-12-21(35)31-17-19(5)39-28(38)22-23-26(36)33(14-10-9-11-15-34)25(27(37)32(13-7-2)18(3)4)29(23)16-20(30)24(22)40-29/h6-7,18-20,22-25,34H,1-2,8-17H2,3-5H3,(H,31,35)/t19-,20?,22-,23+,24-,25-,29+/m0/s1. The van der Waals surface area contributed by atoms with Crippen LogP contribution in [-0.2, 0) is 28.7 Å². The summed E-state index contributed by atoms with van der Waals surface area (Å²) in [6, 6.07) is -1.01. The number of unbranched alkanes of at least 4 members (excludes halogenated alkanes) is 2. The largest absolute Gasteiger partial charge is 0.460 e. The number of alkyl halides is 1. The van der Waals surface area contributed by atoms with Crippen molar-refractivity contribution in [1.29, 1.82) is 0 Å². The van der Waals surface area contributed by atoms with Gasteiger partial charge in [0.25, 0.3) is 0 Å². The van der Waals surface area contributed by atoms with E-state index in [0.717, 1.165) is 0 Å². The number of amides is 3. The van der Waals surface area contributed by atoms with E-state index < -0.39 is 41.7 Å². The summed E-state index contributed by atoms with van der Waals surface area (Å²) in [5, 5.41) is 12.0. The van der Waals surface area contributed by atoms with Crippen molar-refractivity contribution < 1.29 is 33.8 Å². The Morgan fingerprint density at radius 2 is 1.98 bits per heavy atom. The molecule has 1 spiro atoms. The number of carbonyl (C=O) groups excluding carboxylic acids is 4. The number of nitrogens with zero attached hydrogens (tertiary/aromatic N) is 2. The number of rotatable bonds is 16. The highest BCUT2D eigenvalue weighted by Crippen LogP contribution is 2.60. The molecule has 2 bridgehead atoms. The van der Waals surface area contributed by atoms with Crippen molar-refractivity contribution in [3.05, 3.63) is 25.3 Å². The van der Waals surface area contributed by atoms with Crippen LogP contribution in [0, 0.1) is 11.8 Å². The molecule has 40 heavy (non-hydrogen) atoms. The van der Waals surface area contributed by atoms with Gasteiger partial charge in [0, 0.05) is 37.0 Å². The molecule has 0 aliphatic carbocycles. The van der Waals surface area contributed by atoms with E-state index in [0.29, 0.717) is 51.6 Å². The van der Waals surface area contributed by atoms with Crippen molar-refractivity contribution in [3.63, 3.8) is 0 Å². The van der Waals surface area contributed by atoms with Gasteiger partial charge in [0.2, 0.25) is 17.7 Å². The number of nitrogens with one attached hydrogen (secondary N) is 1. The van der Waals surface area contributed by atoms with Gasteiger partial charge < -0.3 is 29.7 Å². The zero-order valence-corrected chi connectivity index (χ0v) is 25.4. The van der Waals surface area contributed by atoms with E-state index in [9.17, 15) is 24.3 Å². The summed E-state index contributed by atoms with van der Waals surface area (Å²) in [6.07, 6.45) is 5.27. The molecule has 3 rings (SSSR count). The molecule has 11 heteroatoms. The number of esters is 1. The molecule has 3 fully saturated rings. The van der Waals surface area contributed by atoms with E-state index in [1.165, 1.54) is 0 Å². The zero-order chi connectivity index (χ0) is 29.6. The molecule has 3 heterocycles. The molecule has 0 aromatic carbocycles. The molecule has 0 saturated carbocycles. The van der Waals surface area contributed by atoms with Crippen molar-refractivity contribution in [2.45, 2.75) is 94.0 Å². The molecular weight excluding hydrogens is 582 g/mol. The van der Waals surface area contributed by atoms with Gasteiger partial charge in [-0.2, -0.15) is 0 Å². The second-order valence-electron chi connectivity index (χ2n) is 11.2. The summed E-state index contributed by atoms with van der Waals surface area (Å²) in [6.45, 7) is 13.8. The maximum absolute atomic E-state index is 14.1. The number of ether oxygens (including phenoxy) is 2. The van der Waals surface area contributed by atoms with Gasteiger partial charge in [-0.1, -0.05) is 28.1 Å². The number of aliphatic hydroxyl groups is 1. The minimum absolute atomic E-state index is 0.0558. The summed E-state index contributed by atoms with van der Waals surface area (Å²) in [4.78, 5) is 56.7. The first-order valence-electron chi connectivity index (χ1n) is 14.3. The number of aliphatic hydroxyl groups excluding tert-OH is 1. The number of carbonyl (C=O) groups is 4. The molecule has 10 nitrogen and oxygen atoms in total. The summed E-state index contributed by atoms with van der Waals surface area (Å²) < 4.78 is 12.3. The van der Waals surface area contributed by atoms with Gasteiger partial charge in [-0.25, -0.2) is 0 Å². The molecule has 1 unspecified atom stereocenters. The van der Waals surface area contributed by atoms with Gasteiger partial charge in [0.1, 0.15) is 17.7 Å². The normalized spacial score (nSPS) is 29.3. The van der Waals surface area contributed by atoms with E-state index in [-0.39, 0.29) is 41.7 Å². The predicted octanol–water partition coefficient (Wildman–Crippen LogP) is 2.33. The van der Waals surface area contributed by atoms with Crippen LogP contribution < -0.4 is 5.32 Å². The molecular formula is C29H44BrN3O7. The molecule has 0 radical (unpaired) electrons. The number of hydrogen-bond acceptors (Lipinski definition) is 7. The fraction of sp³-hybridized carbons (Fsp3) is 0.724. The van der Waals surface area contributed by atoms with Crippen molar-refractivity contribution in [2.75, 3.05) is 26.2 Å².